The lowest BCUT2D eigenvalue weighted by atomic mass is 10.1. The van der Waals surface area contributed by atoms with Crippen LogP contribution in [0, 0.1) is 0 Å². The van der Waals surface area contributed by atoms with Gasteiger partial charge < -0.3 is 10.6 Å². The Morgan fingerprint density at radius 3 is 2.78 bits per heavy atom. The first-order valence-corrected chi connectivity index (χ1v) is 8.04. The summed E-state index contributed by atoms with van der Waals surface area (Å²) in [4.78, 5) is 16.8. The maximum atomic E-state index is 12.3. The Kier molecular flexibility index (Phi) is 4.84. The van der Waals surface area contributed by atoms with Crippen molar-refractivity contribution in [1.29, 1.82) is 0 Å². The molecule has 0 aromatic heterocycles. The monoisotopic (exact) mass is 347 g/mol. The summed E-state index contributed by atoms with van der Waals surface area (Å²) in [6.07, 6.45) is 1.04. The van der Waals surface area contributed by atoms with E-state index >= 15 is 0 Å². The average Bonchev–Trinajstić information content (AvgIpc) is 2.56. The van der Waals surface area contributed by atoms with Gasteiger partial charge in [-0.1, -0.05) is 35.3 Å². The third kappa shape index (κ3) is 3.84. The number of carbonyl (C=O) groups excluding carboxylic acids is 1. The fraction of sp³-hybridized carbons (Fsp3) is 0.176. The molecular formula is C17H15Cl2N3O. The average molecular weight is 348 g/mol. The van der Waals surface area contributed by atoms with E-state index < -0.39 is 0 Å². The Morgan fingerprint density at radius 2 is 2.04 bits per heavy atom. The van der Waals surface area contributed by atoms with E-state index in [1.165, 1.54) is 0 Å². The first-order chi connectivity index (χ1) is 11.1. The van der Waals surface area contributed by atoms with Crippen LogP contribution >= 0.6 is 23.2 Å². The summed E-state index contributed by atoms with van der Waals surface area (Å²) in [5, 5.41) is 6.93. The van der Waals surface area contributed by atoms with E-state index in [-0.39, 0.29) is 5.91 Å². The lowest BCUT2D eigenvalue weighted by Gasteiger charge is -2.15. The lowest BCUT2D eigenvalue weighted by Crippen LogP contribution is -2.30. The van der Waals surface area contributed by atoms with Crippen molar-refractivity contribution < 1.29 is 4.79 Å². The molecule has 0 bridgehead atoms. The second-order valence-electron chi connectivity index (χ2n) is 5.17. The number of carbonyl (C=O) groups is 1. The Morgan fingerprint density at radius 1 is 1.17 bits per heavy atom. The van der Waals surface area contributed by atoms with Crippen LogP contribution in [0.4, 0.5) is 5.69 Å². The highest BCUT2D eigenvalue weighted by molar-refractivity contribution is 6.37. The maximum Gasteiger partial charge on any atom is 0.257 e. The summed E-state index contributed by atoms with van der Waals surface area (Å²) < 4.78 is 0. The van der Waals surface area contributed by atoms with Crippen LogP contribution in [0.1, 0.15) is 22.3 Å². The van der Waals surface area contributed by atoms with E-state index in [0.29, 0.717) is 21.3 Å². The highest BCUT2D eigenvalue weighted by Gasteiger charge is 2.12. The summed E-state index contributed by atoms with van der Waals surface area (Å²) >= 11 is 11.9. The molecule has 3 rings (SSSR count). The van der Waals surface area contributed by atoms with Crippen LogP contribution in [0.25, 0.3) is 0 Å². The van der Waals surface area contributed by atoms with Crippen molar-refractivity contribution in [3.63, 3.8) is 0 Å². The van der Waals surface area contributed by atoms with Crippen LogP contribution < -0.4 is 10.6 Å². The van der Waals surface area contributed by atoms with Gasteiger partial charge in [-0.2, -0.15) is 0 Å². The molecule has 0 spiro atoms. The zero-order chi connectivity index (χ0) is 16.2. The van der Waals surface area contributed by atoms with Crippen LogP contribution in [0.3, 0.4) is 0 Å². The highest BCUT2D eigenvalue weighted by atomic mass is 35.5. The first kappa shape index (κ1) is 15.8. The van der Waals surface area contributed by atoms with Crippen molar-refractivity contribution in [2.45, 2.75) is 6.42 Å². The molecule has 118 valence electrons. The summed E-state index contributed by atoms with van der Waals surface area (Å²) in [6.45, 7) is 1.73. The molecule has 4 nitrogen and oxygen atoms in total. The number of nitrogens with one attached hydrogen (secondary N) is 2. The zero-order valence-electron chi connectivity index (χ0n) is 12.3. The van der Waals surface area contributed by atoms with Gasteiger partial charge in [0.1, 0.15) is 5.84 Å². The van der Waals surface area contributed by atoms with Crippen molar-refractivity contribution in [3.05, 3.63) is 63.6 Å². The number of benzene rings is 2. The number of amides is 1. The first-order valence-electron chi connectivity index (χ1n) is 7.28. The third-order valence-corrected chi connectivity index (χ3v) is 4.01. The standard InChI is InChI=1S/C17H15Cl2N3O/c18-12-5-6-14(15(19)10-12)17(23)22-13-4-1-3-11(9-13)16-20-7-2-8-21-16/h1,3-6,9-10H,2,7-8H2,(H,20,21)(H,22,23). The van der Waals surface area contributed by atoms with E-state index in [0.717, 1.165) is 30.9 Å². The van der Waals surface area contributed by atoms with Crippen molar-refractivity contribution in [2.24, 2.45) is 4.99 Å². The predicted octanol–water partition coefficient (Wildman–Crippen LogP) is 3.99. The van der Waals surface area contributed by atoms with Gasteiger partial charge in [-0.3, -0.25) is 9.79 Å². The fourth-order valence-corrected chi connectivity index (χ4v) is 2.84. The van der Waals surface area contributed by atoms with Gasteiger partial charge in [0.05, 0.1) is 10.6 Å². The summed E-state index contributed by atoms with van der Waals surface area (Å²) in [7, 11) is 0. The minimum absolute atomic E-state index is 0.276. The molecule has 2 aromatic carbocycles. The number of rotatable bonds is 3. The van der Waals surface area contributed by atoms with Gasteiger partial charge in [-0.15, -0.1) is 0 Å². The van der Waals surface area contributed by atoms with Crippen molar-refractivity contribution >= 4 is 40.6 Å². The Hall–Kier alpha value is -2.04. The number of anilines is 1. The van der Waals surface area contributed by atoms with Crippen LogP contribution in [-0.4, -0.2) is 24.8 Å². The number of aliphatic imine (C=N–C) groups is 1. The second-order valence-corrected chi connectivity index (χ2v) is 6.01. The Balaban J connectivity index is 1.80. The van der Waals surface area contributed by atoms with E-state index in [9.17, 15) is 4.79 Å². The van der Waals surface area contributed by atoms with Crippen LogP contribution in [0.2, 0.25) is 10.0 Å². The third-order valence-electron chi connectivity index (χ3n) is 3.47. The number of nitrogens with zero attached hydrogens (tertiary/aromatic N) is 1. The van der Waals surface area contributed by atoms with Crippen molar-refractivity contribution in [2.75, 3.05) is 18.4 Å². The maximum absolute atomic E-state index is 12.3. The normalized spacial score (nSPS) is 13.9. The molecule has 0 unspecified atom stereocenters. The molecule has 0 fully saturated rings. The summed E-state index contributed by atoms with van der Waals surface area (Å²) in [6, 6.07) is 12.4. The molecule has 0 aliphatic carbocycles. The molecule has 2 N–H and O–H groups in total. The van der Waals surface area contributed by atoms with Gasteiger partial charge in [0.2, 0.25) is 0 Å². The lowest BCUT2D eigenvalue weighted by molar-refractivity contribution is 0.102. The van der Waals surface area contributed by atoms with Crippen molar-refractivity contribution in [3.8, 4) is 0 Å². The number of hydrogen-bond acceptors (Lipinski definition) is 3. The smallest absolute Gasteiger partial charge is 0.257 e. The van der Waals surface area contributed by atoms with E-state index in [1.54, 1.807) is 18.2 Å². The molecule has 0 saturated heterocycles. The molecule has 0 radical (unpaired) electrons. The molecular weight excluding hydrogens is 333 g/mol. The van der Waals surface area contributed by atoms with Crippen LogP contribution in [0.5, 0.6) is 0 Å². The number of amidine groups is 1. The van der Waals surface area contributed by atoms with Gasteiger partial charge in [0.15, 0.2) is 0 Å². The van der Waals surface area contributed by atoms with Gasteiger partial charge in [-0.05, 0) is 36.8 Å². The topological polar surface area (TPSA) is 53.5 Å². The molecule has 1 aliphatic heterocycles. The van der Waals surface area contributed by atoms with E-state index in [4.69, 9.17) is 23.2 Å². The van der Waals surface area contributed by atoms with Gasteiger partial charge in [0, 0.05) is 29.4 Å². The second kappa shape index (κ2) is 7.02. The summed E-state index contributed by atoms with van der Waals surface area (Å²) in [5.74, 6) is 0.583. The zero-order valence-corrected chi connectivity index (χ0v) is 13.8. The number of halogens is 2. The Labute approximate surface area is 144 Å². The molecule has 0 saturated carbocycles. The van der Waals surface area contributed by atoms with Gasteiger partial charge in [0.25, 0.3) is 5.91 Å². The summed E-state index contributed by atoms with van der Waals surface area (Å²) in [5.41, 5.74) is 2.02. The van der Waals surface area contributed by atoms with Gasteiger partial charge in [-0.25, -0.2) is 0 Å². The highest BCUT2D eigenvalue weighted by Crippen LogP contribution is 2.22. The number of hydrogen-bond donors (Lipinski definition) is 2. The molecule has 1 amide bonds. The van der Waals surface area contributed by atoms with Crippen LogP contribution in [0.15, 0.2) is 47.5 Å². The minimum Gasteiger partial charge on any atom is -0.370 e. The van der Waals surface area contributed by atoms with Crippen molar-refractivity contribution in [1.82, 2.24) is 5.32 Å². The quantitative estimate of drug-likeness (QED) is 0.881. The molecule has 23 heavy (non-hydrogen) atoms. The predicted molar refractivity (Wildman–Crippen MR) is 94.9 cm³/mol. The molecule has 1 aliphatic rings. The largest absolute Gasteiger partial charge is 0.370 e. The van der Waals surface area contributed by atoms with Gasteiger partial charge >= 0.3 is 0 Å². The van der Waals surface area contributed by atoms with Crippen LogP contribution in [-0.2, 0) is 0 Å². The van der Waals surface area contributed by atoms with E-state index in [2.05, 4.69) is 15.6 Å². The molecule has 2 aromatic rings. The molecule has 1 heterocycles. The minimum atomic E-state index is -0.276. The fourth-order valence-electron chi connectivity index (χ4n) is 2.34. The Bertz CT molecular complexity index is 774. The SMILES string of the molecule is O=C(Nc1cccc(C2=NCCCN2)c1)c1ccc(Cl)cc1Cl. The molecule has 0 atom stereocenters. The van der Waals surface area contributed by atoms with E-state index in [1.807, 2.05) is 24.3 Å². The molecule has 6 heteroatoms.